The third-order valence-electron chi connectivity index (χ3n) is 4.52. The number of anilines is 1. The standard InChI is InChI=1S/C19H20N4O2S/c1-11(2)18-22-23-19(26-18)21-17(24)13-9-14(10-13)25-15-7-3-5-12-6-4-8-20-16(12)15/h3-8,11,13-14H,9-10H2,1-2H3,(H,21,23,24). The molecule has 1 saturated carbocycles. The number of ether oxygens (including phenoxy) is 1. The Balaban J connectivity index is 1.34. The van der Waals surface area contributed by atoms with Crippen LogP contribution in [0.5, 0.6) is 5.75 Å². The van der Waals surface area contributed by atoms with Gasteiger partial charge in [-0.25, -0.2) is 0 Å². The number of hydrogen-bond acceptors (Lipinski definition) is 6. The number of para-hydroxylation sites is 1. The molecule has 1 amide bonds. The van der Waals surface area contributed by atoms with Crippen LogP contribution in [0.3, 0.4) is 0 Å². The number of amides is 1. The van der Waals surface area contributed by atoms with Crippen LogP contribution in [0, 0.1) is 5.92 Å². The molecular weight excluding hydrogens is 348 g/mol. The first-order chi connectivity index (χ1) is 12.6. The van der Waals surface area contributed by atoms with E-state index in [1.54, 1.807) is 6.20 Å². The maximum Gasteiger partial charge on any atom is 0.229 e. The van der Waals surface area contributed by atoms with Gasteiger partial charge in [0.1, 0.15) is 22.4 Å². The minimum absolute atomic E-state index is 0.00708. The summed E-state index contributed by atoms with van der Waals surface area (Å²) < 4.78 is 6.06. The highest BCUT2D eigenvalue weighted by Crippen LogP contribution is 2.34. The number of fused-ring (bicyclic) bond motifs is 1. The third kappa shape index (κ3) is 3.39. The highest BCUT2D eigenvalue weighted by Gasteiger charge is 2.36. The van der Waals surface area contributed by atoms with E-state index >= 15 is 0 Å². The van der Waals surface area contributed by atoms with Crippen LogP contribution in [0.15, 0.2) is 36.5 Å². The van der Waals surface area contributed by atoms with Crippen LogP contribution in [0.2, 0.25) is 0 Å². The lowest BCUT2D eigenvalue weighted by Gasteiger charge is -2.34. The molecule has 0 spiro atoms. The van der Waals surface area contributed by atoms with E-state index in [0.717, 1.165) is 21.7 Å². The van der Waals surface area contributed by atoms with E-state index in [2.05, 4.69) is 34.3 Å². The lowest BCUT2D eigenvalue weighted by atomic mass is 9.81. The van der Waals surface area contributed by atoms with Crippen molar-refractivity contribution < 1.29 is 9.53 Å². The van der Waals surface area contributed by atoms with Crippen LogP contribution >= 0.6 is 11.3 Å². The van der Waals surface area contributed by atoms with Gasteiger partial charge in [0.25, 0.3) is 0 Å². The van der Waals surface area contributed by atoms with Crippen molar-refractivity contribution in [1.29, 1.82) is 0 Å². The Labute approximate surface area is 155 Å². The molecule has 1 aliphatic carbocycles. The molecule has 2 aromatic heterocycles. The third-order valence-corrected chi connectivity index (χ3v) is 5.66. The summed E-state index contributed by atoms with van der Waals surface area (Å²) in [6.07, 6.45) is 3.20. The van der Waals surface area contributed by atoms with Crippen molar-refractivity contribution in [1.82, 2.24) is 15.2 Å². The minimum atomic E-state index is -0.0469. The Morgan fingerprint density at radius 3 is 2.81 bits per heavy atom. The first kappa shape index (κ1) is 16.9. The summed E-state index contributed by atoms with van der Waals surface area (Å²) in [5.41, 5.74) is 0.859. The van der Waals surface area contributed by atoms with Crippen LogP contribution in [0.1, 0.15) is 37.6 Å². The summed E-state index contributed by atoms with van der Waals surface area (Å²) in [6.45, 7) is 4.12. The zero-order valence-electron chi connectivity index (χ0n) is 14.7. The molecule has 0 unspecified atom stereocenters. The average molecular weight is 368 g/mol. The molecule has 1 fully saturated rings. The Morgan fingerprint density at radius 1 is 1.23 bits per heavy atom. The van der Waals surface area contributed by atoms with E-state index in [4.69, 9.17) is 4.74 Å². The number of pyridine rings is 1. The smallest absolute Gasteiger partial charge is 0.229 e. The van der Waals surface area contributed by atoms with Crippen molar-refractivity contribution >= 4 is 33.3 Å². The van der Waals surface area contributed by atoms with Gasteiger partial charge in [0, 0.05) is 23.4 Å². The maximum atomic E-state index is 12.3. The monoisotopic (exact) mass is 368 g/mol. The highest BCUT2D eigenvalue weighted by molar-refractivity contribution is 7.15. The molecule has 1 aliphatic rings. The van der Waals surface area contributed by atoms with E-state index in [1.807, 2.05) is 30.3 Å². The molecule has 2 heterocycles. The zero-order valence-corrected chi connectivity index (χ0v) is 15.5. The second kappa shape index (κ2) is 6.99. The van der Waals surface area contributed by atoms with Gasteiger partial charge in [-0.3, -0.25) is 9.78 Å². The van der Waals surface area contributed by atoms with Crippen molar-refractivity contribution in [3.05, 3.63) is 41.5 Å². The summed E-state index contributed by atoms with van der Waals surface area (Å²) in [7, 11) is 0. The van der Waals surface area contributed by atoms with Gasteiger partial charge < -0.3 is 10.1 Å². The average Bonchev–Trinajstić information content (AvgIpc) is 3.06. The topological polar surface area (TPSA) is 77.0 Å². The first-order valence-electron chi connectivity index (χ1n) is 8.75. The van der Waals surface area contributed by atoms with E-state index in [1.165, 1.54) is 11.3 Å². The predicted molar refractivity (Wildman–Crippen MR) is 102 cm³/mol. The number of carbonyl (C=O) groups excluding carboxylic acids is 1. The Bertz CT molecular complexity index is 929. The van der Waals surface area contributed by atoms with Crippen molar-refractivity contribution in [3.8, 4) is 5.75 Å². The van der Waals surface area contributed by atoms with Crippen LogP contribution < -0.4 is 10.1 Å². The molecule has 134 valence electrons. The van der Waals surface area contributed by atoms with E-state index < -0.39 is 0 Å². The van der Waals surface area contributed by atoms with Gasteiger partial charge >= 0.3 is 0 Å². The van der Waals surface area contributed by atoms with Gasteiger partial charge in [-0.15, -0.1) is 10.2 Å². The number of aromatic nitrogens is 3. The van der Waals surface area contributed by atoms with Gasteiger partial charge in [-0.1, -0.05) is 43.4 Å². The van der Waals surface area contributed by atoms with E-state index in [0.29, 0.717) is 23.9 Å². The molecule has 7 heteroatoms. The summed E-state index contributed by atoms with van der Waals surface area (Å²) in [5, 5.41) is 13.6. The lowest BCUT2D eigenvalue weighted by Crippen LogP contribution is -2.40. The van der Waals surface area contributed by atoms with Crippen molar-refractivity contribution in [2.75, 3.05) is 5.32 Å². The molecule has 0 atom stereocenters. The number of nitrogens with zero attached hydrogens (tertiary/aromatic N) is 3. The second-order valence-corrected chi connectivity index (χ2v) is 7.84. The van der Waals surface area contributed by atoms with Crippen LogP contribution in [-0.4, -0.2) is 27.2 Å². The van der Waals surface area contributed by atoms with Crippen molar-refractivity contribution in [2.45, 2.75) is 38.7 Å². The summed E-state index contributed by atoms with van der Waals surface area (Å²) in [4.78, 5) is 16.7. The van der Waals surface area contributed by atoms with Crippen LogP contribution in [-0.2, 0) is 4.79 Å². The van der Waals surface area contributed by atoms with Crippen molar-refractivity contribution in [3.63, 3.8) is 0 Å². The number of carbonyl (C=O) groups is 1. The largest absolute Gasteiger partial charge is 0.488 e. The SMILES string of the molecule is CC(C)c1nnc(NC(=O)C2CC(Oc3cccc4cccnc34)C2)s1. The zero-order chi connectivity index (χ0) is 18.1. The van der Waals surface area contributed by atoms with Crippen LogP contribution in [0.4, 0.5) is 5.13 Å². The van der Waals surface area contributed by atoms with Gasteiger partial charge in [0.15, 0.2) is 0 Å². The Morgan fingerprint density at radius 2 is 2.04 bits per heavy atom. The number of nitrogens with one attached hydrogen (secondary N) is 1. The fourth-order valence-corrected chi connectivity index (χ4v) is 3.70. The molecule has 3 aromatic rings. The fraction of sp³-hybridized carbons (Fsp3) is 0.368. The fourth-order valence-electron chi connectivity index (χ4n) is 2.95. The number of rotatable bonds is 5. The lowest BCUT2D eigenvalue weighted by molar-refractivity contribution is -0.125. The molecule has 6 nitrogen and oxygen atoms in total. The quantitative estimate of drug-likeness (QED) is 0.736. The molecule has 26 heavy (non-hydrogen) atoms. The number of hydrogen-bond donors (Lipinski definition) is 1. The summed E-state index contributed by atoms with van der Waals surface area (Å²) in [5.74, 6) is 1.04. The molecule has 0 aliphatic heterocycles. The van der Waals surface area contributed by atoms with E-state index in [9.17, 15) is 4.79 Å². The van der Waals surface area contributed by atoms with Crippen LogP contribution in [0.25, 0.3) is 10.9 Å². The normalized spacial score (nSPS) is 19.3. The predicted octanol–water partition coefficient (Wildman–Crippen LogP) is 4.01. The minimum Gasteiger partial charge on any atom is -0.488 e. The number of benzene rings is 1. The second-order valence-electron chi connectivity index (χ2n) is 6.83. The molecule has 0 radical (unpaired) electrons. The van der Waals surface area contributed by atoms with Gasteiger partial charge in [-0.2, -0.15) is 0 Å². The Hall–Kier alpha value is -2.54. The van der Waals surface area contributed by atoms with E-state index in [-0.39, 0.29) is 17.9 Å². The summed E-state index contributed by atoms with van der Waals surface area (Å²) in [6, 6.07) is 9.83. The molecule has 0 bridgehead atoms. The molecule has 1 N–H and O–H groups in total. The van der Waals surface area contributed by atoms with Gasteiger partial charge in [-0.05, 0) is 25.0 Å². The molecule has 0 saturated heterocycles. The van der Waals surface area contributed by atoms with Gasteiger partial charge in [0.2, 0.25) is 11.0 Å². The molecule has 4 rings (SSSR count). The summed E-state index contributed by atoms with van der Waals surface area (Å²) >= 11 is 1.43. The highest BCUT2D eigenvalue weighted by atomic mass is 32.1. The maximum absolute atomic E-state index is 12.3. The first-order valence-corrected chi connectivity index (χ1v) is 9.56. The molecule has 1 aromatic carbocycles. The molecular formula is C19H20N4O2S. The Kier molecular flexibility index (Phi) is 4.55. The van der Waals surface area contributed by atoms with Gasteiger partial charge in [0.05, 0.1) is 0 Å². The van der Waals surface area contributed by atoms with Crippen molar-refractivity contribution in [2.24, 2.45) is 5.92 Å².